The van der Waals surface area contributed by atoms with Crippen LogP contribution in [0.3, 0.4) is 0 Å². The van der Waals surface area contributed by atoms with Crippen molar-refractivity contribution >= 4 is 0 Å². The molecule has 0 fully saturated rings. The van der Waals surface area contributed by atoms with Crippen LogP contribution in [0.2, 0.25) is 0 Å². The van der Waals surface area contributed by atoms with Crippen molar-refractivity contribution in [1.29, 1.82) is 0 Å². The normalized spacial score (nSPS) is 11.6. The average Bonchev–Trinajstić information content (AvgIpc) is 2.71. The van der Waals surface area contributed by atoms with Gasteiger partial charge in [0.25, 0.3) is 0 Å². The highest BCUT2D eigenvalue weighted by atomic mass is 16.5. The molecule has 3 nitrogen and oxygen atoms in total. The third-order valence-corrected chi connectivity index (χ3v) is 5.78. The zero-order chi connectivity index (χ0) is 20.5. The molecular weight excluding hydrogens is 344 g/mol. The first-order chi connectivity index (χ1) is 13.8. The zero-order valence-corrected chi connectivity index (χ0v) is 19.7. The standard InChI is InChI=1S/C25H54N2O/c1-3-5-6-7-8-9-10-11-12-13-14-15-16-19-24-28-25-20-23-27(4-2)22-18-17-21-26/h3-26H2,1-2H3. The summed E-state index contributed by atoms with van der Waals surface area (Å²) in [5.41, 5.74) is 5.57. The molecule has 2 N–H and O–H groups in total. The van der Waals surface area contributed by atoms with Gasteiger partial charge in [0.2, 0.25) is 0 Å². The lowest BCUT2D eigenvalue weighted by molar-refractivity contribution is 0.117. The summed E-state index contributed by atoms with van der Waals surface area (Å²) >= 11 is 0. The van der Waals surface area contributed by atoms with E-state index >= 15 is 0 Å². The monoisotopic (exact) mass is 398 g/mol. The Morgan fingerprint density at radius 1 is 0.536 bits per heavy atom. The predicted molar refractivity (Wildman–Crippen MR) is 126 cm³/mol. The van der Waals surface area contributed by atoms with Crippen LogP contribution in [-0.2, 0) is 4.74 Å². The van der Waals surface area contributed by atoms with E-state index in [2.05, 4.69) is 18.7 Å². The third-order valence-electron chi connectivity index (χ3n) is 5.78. The maximum Gasteiger partial charge on any atom is 0.0478 e. The summed E-state index contributed by atoms with van der Waals surface area (Å²) in [6.07, 6.45) is 23.4. The van der Waals surface area contributed by atoms with Crippen LogP contribution in [0.25, 0.3) is 0 Å². The highest BCUT2D eigenvalue weighted by molar-refractivity contribution is 4.56. The molecule has 0 aromatic carbocycles. The van der Waals surface area contributed by atoms with E-state index in [4.69, 9.17) is 10.5 Å². The summed E-state index contributed by atoms with van der Waals surface area (Å²) in [6, 6.07) is 0. The van der Waals surface area contributed by atoms with E-state index in [1.807, 2.05) is 0 Å². The van der Waals surface area contributed by atoms with Gasteiger partial charge in [-0.15, -0.1) is 0 Å². The molecule has 0 saturated carbocycles. The fourth-order valence-corrected chi connectivity index (χ4v) is 3.80. The number of nitrogens with zero attached hydrogens (tertiary/aromatic N) is 1. The molecule has 0 saturated heterocycles. The molecule has 28 heavy (non-hydrogen) atoms. The molecule has 0 aliphatic rings. The van der Waals surface area contributed by atoms with Crippen LogP contribution in [0.15, 0.2) is 0 Å². The Morgan fingerprint density at radius 2 is 1.00 bits per heavy atom. The molecule has 0 aliphatic heterocycles. The minimum absolute atomic E-state index is 0.819. The van der Waals surface area contributed by atoms with Crippen LogP contribution in [0.5, 0.6) is 0 Å². The fourth-order valence-electron chi connectivity index (χ4n) is 3.80. The Labute approximate surface area is 178 Å². The van der Waals surface area contributed by atoms with Gasteiger partial charge in [0.1, 0.15) is 0 Å². The number of hydrogen-bond donors (Lipinski definition) is 1. The van der Waals surface area contributed by atoms with E-state index in [9.17, 15) is 0 Å². The average molecular weight is 399 g/mol. The Hall–Kier alpha value is -0.120. The van der Waals surface area contributed by atoms with Gasteiger partial charge in [-0.25, -0.2) is 0 Å². The van der Waals surface area contributed by atoms with Crippen LogP contribution in [0.1, 0.15) is 123 Å². The molecule has 0 aliphatic carbocycles. The van der Waals surface area contributed by atoms with Gasteiger partial charge >= 0.3 is 0 Å². The first kappa shape index (κ1) is 27.9. The molecule has 0 aromatic rings. The second-order valence-electron chi connectivity index (χ2n) is 8.49. The first-order valence-corrected chi connectivity index (χ1v) is 12.8. The highest BCUT2D eigenvalue weighted by Gasteiger charge is 2.01. The molecule has 0 amide bonds. The van der Waals surface area contributed by atoms with Crippen molar-refractivity contribution in [1.82, 2.24) is 4.90 Å². The van der Waals surface area contributed by atoms with Gasteiger partial charge in [-0.3, -0.25) is 0 Å². The summed E-state index contributed by atoms with van der Waals surface area (Å²) in [7, 11) is 0. The second-order valence-corrected chi connectivity index (χ2v) is 8.49. The SMILES string of the molecule is CCCCCCCCCCCCCCCCOCCCN(CC)CCCCN. The smallest absolute Gasteiger partial charge is 0.0478 e. The largest absolute Gasteiger partial charge is 0.381 e. The lowest BCUT2D eigenvalue weighted by Crippen LogP contribution is -2.27. The van der Waals surface area contributed by atoms with Gasteiger partial charge in [-0.05, 0) is 45.3 Å². The van der Waals surface area contributed by atoms with Crippen LogP contribution < -0.4 is 5.73 Å². The van der Waals surface area contributed by atoms with Crippen LogP contribution in [0.4, 0.5) is 0 Å². The van der Waals surface area contributed by atoms with Gasteiger partial charge < -0.3 is 15.4 Å². The molecule has 0 bridgehead atoms. The predicted octanol–water partition coefficient (Wildman–Crippen LogP) is 6.94. The van der Waals surface area contributed by atoms with Crippen molar-refractivity contribution in [3.8, 4) is 0 Å². The molecule has 0 rings (SSSR count). The molecule has 0 heterocycles. The fraction of sp³-hybridized carbons (Fsp3) is 1.00. The van der Waals surface area contributed by atoms with E-state index in [0.29, 0.717) is 0 Å². The Kier molecular flexibility index (Phi) is 24.8. The zero-order valence-electron chi connectivity index (χ0n) is 19.7. The van der Waals surface area contributed by atoms with Crippen LogP contribution in [-0.4, -0.2) is 44.3 Å². The number of ether oxygens (including phenoxy) is 1. The molecule has 0 unspecified atom stereocenters. The summed E-state index contributed by atoms with van der Waals surface area (Å²) in [4.78, 5) is 2.52. The van der Waals surface area contributed by atoms with Gasteiger partial charge in [-0.2, -0.15) is 0 Å². The van der Waals surface area contributed by atoms with Gasteiger partial charge in [0, 0.05) is 19.8 Å². The van der Waals surface area contributed by atoms with Crippen LogP contribution in [0, 0.1) is 0 Å². The van der Waals surface area contributed by atoms with E-state index in [-0.39, 0.29) is 0 Å². The Balaban J connectivity index is 3.13. The second kappa shape index (κ2) is 24.9. The number of rotatable bonds is 24. The first-order valence-electron chi connectivity index (χ1n) is 12.8. The molecule has 0 aromatic heterocycles. The van der Waals surface area contributed by atoms with Gasteiger partial charge in [-0.1, -0.05) is 97.3 Å². The molecule has 170 valence electrons. The maximum absolute atomic E-state index is 5.81. The lowest BCUT2D eigenvalue weighted by Gasteiger charge is -2.20. The molecule has 0 spiro atoms. The van der Waals surface area contributed by atoms with Crippen molar-refractivity contribution in [2.75, 3.05) is 39.4 Å². The van der Waals surface area contributed by atoms with E-state index in [0.717, 1.165) is 39.1 Å². The van der Waals surface area contributed by atoms with E-state index in [1.165, 1.54) is 109 Å². The highest BCUT2D eigenvalue weighted by Crippen LogP contribution is 2.13. The number of nitrogens with two attached hydrogens (primary N) is 1. The lowest BCUT2D eigenvalue weighted by atomic mass is 10.0. The Bertz CT molecular complexity index is 273. The molecular formula is C25H54N2O. The molecule has 0 atom stereocenters. The van der Waals surface area contributed by atoms with Crippen molar-refractivity contribution in [3.05, 3.63) is 0 Å². The number of unbranched alkanes of at least 4 members (excludes halogenated alkanes) is 14. The quantitative estimate of drug-likeness (QED) is 0.179. The van der Waals surface area contributed by atoms with Crippen LogP contribution >= 0.6 is 0 Å². The molecule has 3 heteroatoms. The van der Waals surface area contributed by atoms with E-state index < -0.39 is 0 Å². The van der Waals surface area contributed by atoms with Crippen molar-refractivity contribution < 1.29 is 4.74 Å². The van der Waals surface area contributed by atoms with Crippen molar-refractivity contribution in [2.45, 2.75) is 123 Å². The number of hydrogen-bond acceptors (Lipinski definition) is 3. The summed E-state index contributed by atoms with van der Waals surface area (Å²) < 4.78 is 5.81. The minimum Gasteiger partial charge on any atom is -0.381 e. The topological polar surface area (TPSA) is 38.5 Å². The summed E-state index contributed by atoms with van der Waals surface area (Å²) in [5.74, 6) is 0. The van der Waals surface area contributed by atoms with Gasteiger partial charge in [0.05, 0.1) is 0 Å². The molecule has 0 radical (unpaired) electrons. The maximum atomic E-state index is 5.81. The minimum atomic E-state index is 0.819. The summed E-state index contributed by atoms with van der Waals surface area (Å²) in [6.45, 7) is 10.7. The van der Waals surface area contributed by atoms with Crippen molar-refractivity contribution in [2.24, 2.45) is 5.73 Å². The third kappa shape index (κ3) is 22.2. The van der Waals surface area contributed by atoms with Gasteiger partial charge in [0.15, 0.2) is 0 Å². The Morgan fingerprint density at radius 3 is 1.50 bits per heavy atom. The van der Waals surface area contributed by atoms with Crippen molar-refractivity contribution in [3.63, 3.8) is 0 Å². The van der Waals surface area contributed by atoms with E-state index in [1.54, 1.807) is 0 Å². The summed E-state index contributed by atoms with van der Waals surface area (Å²) in [5, 5.41) is 0.